The maximum Gasteiger partial charge on any atom is 0.303 e. The molecule has 0 aliphatic carbocycles. The molecule has 2 heterocycles. The third-order valence-electron chi connectivity index (χ3n) is 1.91. The zero-order chi connectivity index (χ0) is 9.97. The molecular weight excluding hydrogens is 182 g/mol. The summed E-state index contributed by atoms with van der Waals surface area (Å²) >= 11 is 0. The topological polar surface area (TPSA) is 67.5 Å². The van der Waals surface area contributed by atoms with Crippen molar-refractivity contribution in [3.05, 3.63) is 30.5 Å². The largest absolute Gasteiger partial charge is 0.481 e. The van der Waals surface area contributed by atoms with Crippen LogP contribution in [0.4, 0.5) is 0 Å². The Labute approximate surface area is 80.0 Å². The second-order valence-corrected chi connectivity index (χ2v) is 2.97. The number of hydrogen-bond acceptors (Lipinski definition) is 3. The number of hydrogen-bond donors (Lipinski definition) is 1. The standard InChI is InChI=1S/C9H9N3O2/c13-9(14)2-1-7-6-12-4-3-10-5-8(12)11-7/h3-6H,1-2H2,(H,13,14). The van der Waals surface area contributed by atoms with E-state index in [-0.39, 0.29) is 6.42 Å². The number of aryl methyl sites for hydroxylation is 1. The van der Waals surface area contributed by atoms with E-state index in [4.69, 9.17) is 5.11 Å². The van der Waals surface area contributed by atoms with Gasteiger partial charge in [0, 0.05) is 25.0 Å². The lowest BCUT2D eigenvalue weighted by atomic mass is 10.2. The Bertz CT molecular complexity index is 431. The van der Waals surface area contributed by atoms with Gasteiger partial charge in [-0.25, -0.2) is 4.98 Å². The first-order valence-electron chi connectivity index (χ1n) is 4.25. The van der Waals surface area contributed by atoms with E-state index in [1.54, 1.807) is 18.6 Å². The van der Waals surface area contributed by atoms with Crippen molar-refractivity contribution in [2.24, 2.45) is 0 Å². The second-order valence-electron chi connectivity index (χ2n) is 2.97. The van der Waals surface area contributed by atoms with Crippen LogP contribution in [0.5, 0.6) is 0 Å². The van der Waals surface area contributed by atoms with E-state index in [0.29, 0.717) is 6.42 Å². The van der Waals surface area contributed by atoms with Gasteiger partial charge >= 0.3 is 5.97 Å². The van der Waals surface area contributed by atoms with Crippen molar-refractivity contribution in [3.63, 3.8) is 0 Å². The Morgan fingerprint density at radius 3 is 3.14 bits per heavy atom. The lowest BCUT2D eigenvalue weighted by molar-refractivity contribution is -0.136. The molecule has 5 heteroatoms. The predicted octanol–water partition coefficient (Wildman–Crippen LogP) is 0.746. The zero-order valence-corrected chi connectivity index (χ0v) is 7.42. The Kier molecular flexibility index (Phi) is 2.14. The Hall–Kier alpha value is -1.91. The fourth-order valence-corrected chi connectivity index (χ4v) is 1.25. The number of aliphatic carboxylic acids is 1. The first kappa shape index (κ1) is 8.68. The predicted molar refractivity (Wildman–Crippen MR) is 48.9 cm³/mol. The van der Waals surface area contributed by atoms with E-state index in [2.05, 4.69) is 9.97 Å². The summed E-state index contributed by atoms with van der Waals surface area (Å²) in [4.78, 5) is 18.5. The van der Waals surface area contributed by atoms with Crippen LogP contribution in [-0.4, -0.2) is 25.4 Å². The molecule has 0 saturated heterocycles. The highest BCUT2D eigenvalue weighted by atomic mass is 16.4. The number of fused-ring (bicyclic) bond motifs is 1. The molecule has 2 aromatic rings. The smallest absolute Gasteiger partial charge is 0.303 e. The summed E-state index contributed by atoms with van der Waals surface area (Å²) in [6.07, 6.45) is 7.47. The molecule has 0 aromatic carbocycles. The molecule has 0 spiro atoms. The second kappa shape index (κ2) is 3.45. The minimum atomic E-state index is -0.805. The van der Waals surface area contributed by atoms with Crippen LogP contribution in [-0.2, 0) is 11.2 Å². The molecule has 72 valence electrons. The number of carboxylic acids is 1. The van der Waals surface area contributed by atoms with Gasteiger partial charge in [0.25, 0.3) is 0 Å². The normalized spacial score (nSPS) is 10.6. The fourth-order valence-electron chi connectivity index (χ4n) is 1.25. The molecule has 1 N–H and O–H groups in total. The van der Waals surface area contributed by atoms with Crippen LogP contribution in [0.25, 0.3) is 5.65 Å². The lowest BCUT2D eigenvalue weighted by Crippen LogP contribution is -1.97. The van der Waals surface area contributed by atoms with Crippen molar-refractivity contribution in [2.75, 3.05) is 0 Å². The van der Waals surface area contributed by atoms with Gasteiger partial charge in [0.2, 0.25) is 0 Å². The first-order valence-corrected chi connectivity index (χ1v) is 4.25. The van der Waals surface area contributed by atoms with E-state index >= 15 is 0 Å². The quantitative estimate of drug-likeness (QED) is 0.777. The van der Waals surface area contributed by atoms with E-state index < -0.39 is 5.97 Å². The van der Waals surface area contributed by atoms with Gasteiger partial charge in [-0.3, -0.25) is 9.78 Å². The molecule has 5 nitrogen and oxygen atoms in total. The summed E-state index contributed by atoms with van der Waals surface area (Å²) < 4.78 is 1.82. The lowest BCUT2D eigenvalue weighted by Gasteiger charge is -1.88. The Balaban J connectivity index is 2.22. The monoisotopic (exact) mass is 191 g/mol. The van der Waals surface area contributed by atoms with E-state index in [9.17, 15) is 4.79 Å². The van der Waals surface area contributed by atoms with Crippen molar-refractivity contribution in [3.8, 4) is 0 Å². The van der Waals surface area contributed by atoms with Crippen LogP contribution in [0.3, 0.4) is 0 Å². The maximum atomic E-state index is 10.3. The molecule has 0 saturated carbocycles. The molecule has 0 aliphatic heterocycles. The van der Waals surface area contributed by atoms with Gasteiger partial charge in [-0.05, 0) is 0 Å². The molecule has 0 aliphatic rings. The number of nitrogens with zero attached hydrogens (tertiary/aromatic N) is 3. The third kappa shape index (κ3) is 1.71. The number of rotatable bonds is 3. The SMILES string of the molecule is O=C(O)CCc1cn2ccncc2n1. The number of carboxylic acid groups (broad SMARTS) is 1. The van der Waals surface area contributed by atoms with E-state index in [1.165, 1.54) is 0 Å². The van der Waals surface area contributed by atoms with Gasteiger partial charge in [-0.1, -0.05) is 0 Å². The molecular formula is C9H9N3O2. The van der Waals surface area contributed by atoms with Gasteiger partial charge in [0.05, 0.1) is 18.3 Å². The van der Waals surface area contributed by atoms with Crippen molar-refractivity contribution in [2.45, 2.75) is 12.8 Å². The van der Waals surface area contributed by atoms with Gasteiger partial charge in [-0.2, -0.15) is 0 Å². The van der Waals surface area contributed by atoms with Gasteiger partial charge in [0.1, 0.15) is 0 Å². The first-order chi connectivity index (χ1) is 6.75. The van der Waals surface area contributed by atoms with Crippen molar-refractivity contribution < 1.29 is 9.90 Å². The van der Waals surface area contributed by atoms with E-state index in [1.807, 2.05) is 10.6 Å². The van der Waals surface area contributed by atoms with E-state index in [0.717, 1.165) is 11.3 Å². The van der Waals surface area contributed by atoms with Gasteiger partial charge in [0.15, 0.2) is 5.65 Å². The summed E-state index contributed by atoms with van der Waals surface area (Å²) in [6.45, 7) is 0. The van der Waals surface area contributed by atoms with Crippen molar-refractivity contribution in [1.29, 1.82) is 0 Å². The molecule has 2 rings (SSSR count). The summed E-state index contributed by atoms with van der Waals surface area (Å²) in [5.74, 6) is -0.805. The third-order valence-corrected chi connectivity index (χ3v) is 1.91. The van der Waals surface area contributed by atoms with Crippen LogP contribution in [0.2, 0.25) is 0 Å². The molecule has 0 bridgehead atoms. The van der Waals surface area contributed by atoms with Crippen LogP contribution in [0.1, 0.15) is 12.1 Å². The molecule has 0 unspecified atom stereocenters. The summed E-state index contributed by atoms with van der Waals surface area (Å²) in [5, 5.41) is 8.50. The summed E-state index contributed by atoms with van der Waals surface area (Å²) in [5.41, 5.74) is 1.52. The number of imidazole rings is 1. The average Bonchev–Trinajstić information content (AvgIpc) is 2.57. The molecule has 0 radical (unpaired) electrons. The van der Waals surface area contributed by atoms with Gasteiger partial charge in [-0.15, -0.1) is 0 Å². The number of carbonyl (C=O) groups is 1. The maximum absolute atomic E-state index is 10.3. The molecule has 0 amide bonds. The highest BCUT2D eigenvalue weighted by molar-refractivity contribution is 5.67. The zero-order valence-electron chi connectivity index (χ0n) is 7.42. The Morgan fingerprint density at radius 1 is 1.57 bits per heavy atom. The molecule has 2 aromatic heterocycles. The van der Waals surface area contributed by atoms with Gasteiger partial charge < -0.3 is 9.51 Å². The van der Waals surface area contributed by atoms with Crippen molar-refractivity contribution in [1.82, 2.24) is 14.4 Å². The van der Waals surface area contributed by atoms with Crippen LogP contribution >= 0.6 is 0 Å². The number of aromatic nitrogens is 3. The molecule has 0 fully saturated rings. The highest BCUT2D eigenvalue weighted by Gasteiger charge is 2.03. The van der Waals surface area contributed by atoms with Crippen LogP contribution in [0.15, 0.2) is 24.8 Å². The Morgan fingerprint density at radius 2 is 2.43 bits per heavy atom. The fraction of sp³-hybridized carbons (Fsp3) is 0.222. The summed E-state index contributed by atoms with van der Waals surface area (Å²) in [6, 6.07) is 0. The average molecular weight is 191 g/mol. The molecule has 14 heavy (non-hydrogen) atoms. The minimum Gasteiger partial charge on any atom is -0.481 e. The van der Waals surface area contributed by atoms with Crippen LogP contribution < -0.4 is 0 Å². The molecule has 0 atom stereocenters. The summed E-state index contributed by atoms with van der Waals surface area (Å²) in [7, 11) is 0. The highest BCUT2D eigenvalue weighted by Crippen LogP contribution is 2.05. The minimum absolute atomic E-state index is 0.108. The van der Waals surface area contributed by atoms with Crippen molar-refractivity contribution >= 4 is 11.6 Å². The van der Waals surface area contributed by atoms with Crippen LogP contribution in [0, 0.1) is 0 Å².